The van der Waals surface area contributed by atoms with Gasteiger partial charge in [-0.3, -0.25) is 9.78 Å². The summed E-state index contributed by atoms with van der Waals surface area (Å²) in [5, 5.41) is 0. The van der Waals surface area contributed by atoms with Crippen molar-refractivity contribution >= 4 is 5.91 Å². The molecule has 2 heterocycles. The Bertz CT molecular complexity index is 884. The van der Waals surface area contributed by atoms with E-state index in [2.05, 4.69) is 15.0 Å². The lowest BCUT2D eigenvalue weighted by molar-refractivity contribution is -0.128. The first-order chi connectivity index (χ1) is 13.2. The Labute approximate surface area is 157 Å². The molecule has 1 aromatic carbocycles. The Morgan fingerprint density at radius 1 is 1.07 bits per heavy atom. The van der Waals surface area contributed by atoms with E-state index in [1.807, 2.05) is 36.4 Å². The first-order valence-corrected chi connectivity index (χ1v) is 8.53. The monoisotopic (exact) mass is 363 g/mol. The molecule has 0 aliphatic carbocycles. The number of carbonyl (C=O) groups is 1. The van der Waals surface area contributed by atoms with Crippen LogP contribution < -0.4 is 10.5 Å². The van der Waals surface area contributed by atoms with E-state index in [-0.39, 0.29) is 12.5 Å². The summed E-state index contributed by atoms with van der Waals surface area (Å²) in [4.78, 5) is 25.8. The molecular weight excluding hydrogens is 342 g/mol. The van der Waals surface area contributed by atoms with Crippen LogP contribution in [-0.2, 0) is 17.9 Å². The highest BCUT2D eigenvalue weighted by Crippen LogP contribution is 2.20. The van der Waals surface area contributed by atoms with E-state index in [1.54, 1.807) is 36.7 Å². The number of ether oxygens (including phenoxy) is 1. The number of nitrogens with zero attached hydrogens (tertiary/aromatic N) is 4. The van der Waals surface area contributed by atoms with E-state index in [1.165, 1.54) is 0 Å². The lowest BCUT2D eigenvalue weighted by Crippen LogP contribution is -2.32. The molecule has 7 nitrogen and oxygen atoms in total. The van der Waals surface area contributed by atoms with Crippen LogP contribution >= 0.6 is 0 Å². The van der Waals surface area contributed by atoms with Crippen LogP contribution in [-0.4, -0.2) is 39.4 Å². The second-order valence-corrected chi connectivity index (χ2v) is 6.05. The predicted octanol–water partition coefficient (Wildman–Crippen LogP) is 2.03. The summed E-state index contributed by atoms with van der Waals surface area (Å²) in [6, 6.07) is 12.0. The second kappa shape index (κ2) is 8.86. The van der Waals surface area contributed by atoms with Gasteiger partial charge in [-0.2, -0.15) is 0 Å². The molecule has 0 radical (unpaired) electrons. The van der Waals surface area contributed by atoms with Crippen LogP contribution in [0.2, 0.25) is 0 Å². The van der Waals surface area contributed by atoms with Crippen LogP contribution in [0.4, 0.5) is 0 Å². The molecule has 2 N–H and O–H groups in total. The molecule has 0 aliphatic rings. The number of pyridine rings is 1. The van der Waals surface area contributed by atoms with Crippen molar-refractivity contribution in [2.24, 2.45) is 5.73 Å². The van der Waals surface area contributed by atoms with Crippen LogP contribution in [0.25, 0.3) is 11.1 Å². The minimum atomic E-state index is -0.0977. The van der Waals surface area contributed by atoms with Crippen LogP contribution in [0, 0.1) is 0 Å². The third-order valence-corrected chi connectivity index (χ3v) is 4.03. The summed E-state index contributed by atoms with van der Waals surface area (Å²) < 4.78 is 5.59. The highest BCUT2D eigenvalue weighted by molar-refractivity contribution is 5.77. The number of amides is 1. The number of rotatable bonds is 7. The second-order valence-electron chi connectivity index (χ2n) is 6.05. The van der Waals surface area contributed by atoms with Crippen LogP contribution in [0.15, 0.2) is 61.2 Å². The summed E-state index contributed by atoms with van der Waals surface area (Å²) in [5.74, 6) is -0.0977. The molecule has 0 bridgehead atoms. The first-order valence-electron chi connectivity index (χ1n) is 8.53. The van der Waals surface area contributed by atoms with Gasteiger partial charge < -0.3 is 15.4 Å². The van der Waals surface area contributed by atoms with E-state index in [0.29, 0.717) is 19.2 Å². The van der Waals surface area contributed by atoms with Crippen molar-refractivity contribution in [3.05, 3.63) is 72.3 Å². The minimum absolute atomic E-state index is 0.00495. The average Bonchev–Trinajstić information content (AvgIpc) is 2.73. The lowest BCUT2D eigenvalue weighted by Gasteiger charge is -2.16. The fourth-order valence-corrected chi connectivity index (χ4v) is 2.53. The van der Waals surface area contributed by atoms with Crippen molar-refractivity contribution in [1.29, 1.82) is 0 Å². The molecule has 0 saturated carbocycles. The number of benzene rings is 1. The van der Waals surface area contributed by atoms with Crippen molar-refractivity contribution in [2.75, 3.05) is 13.6 Å². The quantitative estimate of drug-likeness (QED) is 0.690. The SMILES string of the molecule is CN(Cc1cccc(-c2cnc(OCc3ccncc3)nc2)c1)C(=O)CN. The van der Waals surface area contributed by atoms with Crippen molar-refractivity contribution in [3.8, 4) is 17.1 Å². The van der Waals surface area contributed by atoms with Crippen molar-refractivity contribution < 1.29 is 9.53 Å². The average molecular weight is 363 g/mol. The smallest absolute Gasteiger partial charge is 0.316 e. The molecule has 0 saturated heterocycles. The number of likely N-dealkylation sites (N-methyl/N-ethyl adjacent to an activating group) is 1. The molecule has 0 aliphatic heterocycles. The largest absolute Gasteiger partial charge is 0.459 e. The Kier molecular flexibility index (Phi) is 6.06. The maximum absolute atomic E-state index is 11.6. The molecule has 0 fully saturated rings. The Hall–Kier alpha value is -3.32. The van der Waals surface area contributed by atoms with Gasteiger partial charge in [0.2, 0.25) is 5.91 Å². The fraction of sp³-hybridized carbons (Fsp3) is 0.200. The van der Waals surface area contributed by atoms with Crippen LogP contribution in [0.3, 0.4) is 0 Å². The van der Waals surface area contributed by atoms with Crippen molar-refractivity contribution in [1.82, 2.24) is 19.9 Å². The topological polar surface area (TPSA) is 94.2 Å². The number of hydrogen-bond donors (Lipinski definition) is 1. The van der Waals surface area contributed by atoms with Crippen LogP contribution in [0.1, 0.15) is 11.1 Å². The van der Waals surface area contributed by atoms with Gasteiger partial charge in [-0.15, -0.1) is 0 Å². The summed E-state index contributed by atoms with van der Waals surface area (Å²) in [5.41, 5.74) is 9.26. The molecule has 0 atom stereocenters. The number of carbonyl (C=O) groups excluding carboxylic acids is 1. The molecular formula is C20H21N5O2. The van der Waals surface area contributed by atoms with E-state index >= 15 is 0 Å². The summed E-state index contributed by atoms with van der Waals surface area (Å²) in [6.07, 6.45) is 6.88. The zero-order valence-electron chi connectivity index (χ0n) is 15.1. The third kappa shape index (κ3) is 5.08. The maximum atomic E-state index is 11.6. The van der Waals surface area contributed by atoms with Gasteiger partial charge in [0, 0.05) is 43.9 Å². The molecule has 0 unspecified atom stereocenters. The zero-order chi connectivity index (χ0) is 19.1. The van der Waals surface area contributed by atoms with Gasteiger partial charge in [-0.05, 0) is 34.9 Å². The predicted molar refractivity (Wildman–Crippen MR) is 102 cm³/mol. The van der Waals surface area contributed by atoms with E-state index < -0.39 is 0 Å². The first kappa shape index (κ1) is 18.5. The molecule has 27 heavy (non-hydrogen) atoms. The normalized spacial score (nSPS) is 10.4. The third-order valence-electron chi connectivity index (χ3n) is 4.03. The zero-order valence-corrected chi connectivity index (χ0v) is 15.1. The number of hydrogen-bond acceptors (Lipinski definition) is 6. The standard InChI is InChI=1S/C20H21N5O2/c1-25(19(26)10-21)13-16-3-2-4-17(9-16)18-11-23-20(24-12-18)27-14-15-5-7-22-8-6-15/h2-9,11-12H,10,13-14,21H2,1H3. The van der Waals surface area contributed by atoms with E-state index in [0.717, 1.165) is 22.3 Å². The Morgan fingerprint density at radius 3 is 2.52 bits per heavy atom. The maximum Gasteiger partial charge on any atom is 0.316 e. The highest BCUT2D eigenvalue weighted by atomic mass is 16.5. The van der Waals surface area contributed by atoms with Gasteiger partial charge in [0.1, 0.15) is 6.61 Å². The highest BCUT2D eigenvalue weighted by Gasteiger charge is 2.08. The molecule has 3 aromatic rings. The molecule has 1 amide bonds. The molecule has 3 rings (SSSR count). The Morgan fingerprint density at radius 2 is 1.81 bits per heavy atom. The minimum Gasteiger partial charge on any atom is -0.459 e. The molecule has 0 spiro atoms. The van der Waals surface area contributed by atoms with Gasteiger partial charge in [0.15, 0.2) is 0 Å². The van der Waals surface area contributed by atoms with Gasteiger partial charge >= 0.3 is 6.01 Å². The van der Waals surface area contributed by atoms with Gasteiger partial charge in [0.25, 0.3) is 0 Å². The molecule has 7 heteroatoms. The van der Waals surface area contributed by atoms with Gasteiger partial charge in [-0.1, -0.05) is 18.2 Å². The van der Waals surface area contributed by atoms with Crippen LogP contribution in [0.5, 0.6) is 6.01 Å². The van der Waals surface area contributed by atoms with Crippen molar-refractivity contribution in [3.63, 3.8) is 0 Å². The van der Waals surface area contributed by atoms with Gasteiger partial charge in [-0.25, -0.2) is 9.97 Å². The fourth-order valence-electron chi connectivity index (χ4n) is 2.53. The lowest BCUT2D eigenvalue weighted by atomic mass is 10.1. The number of nitrogens with two attached hydrogens (primary N) is 1. The summed E-state index contributed by atoms with van der Waals surface area (Å²) in [6.45, 7) is 0.891. The number of aromatic nitrogens is 3. The summed E-state index contributed by atoms with van der Waals surface area (Å²) in [7, 11) is 1.74. The van der Waals surface area contributed by atoms with E-state index in [4.69, 9.17) is 10.5 Å². The molecule has 2 aromatic heterocycles. The Balaban J connectivity index is 1.66. The van der Waals surface area contributed by atoms with Crippen molar-refractivity contribution in [2.45, 2.75) is 13.2 Å². The van der Waals surface area contributed by atoms with Gasteiger partial charge in [0.05, 0.1) is 6.54 Å². The van der Waals surface area contributed by atoms with E-state index in [9.17, 15) is 4.79 Å². The molecule has 138 valence electrons. The summed E-state index contributed by atoms with van der Waals surface area (Å²) >= 11 is 0.